The van der Waals surface area contributed by atoms with Crippen molar-refractivity contribution < 1.29 is 13.2 Å². The molecule has 6 heteroatoms. The average molecular weight is 268 g/mol. The van der Waals surface area contributed by atoms with Gasteiger partial charge >= 0.3 is 0 Å². The second kappa shape index (κ2) is 4.61. The number of nitrogens with one attached hydrogen (secondary N) is 1. The number of rotatable bonds is 3. The maximum atomic E-state index is 12.1. The molecule has 1 aliphatic heterocycles. The summed E-state index contributed by atoms with van der Waals surface area (Å²) in [5.74, 6) is -0.294. The first-order chi connectivity index (χ1) is 8.51. The molecule has 0 fully saturated rings. The molecule has 0 aliphatic carbocycles. The van der Waals surface area contributed by atoms with Gasteiger partial charge in [-0.1, -0.05) is 18.2 Å². The summed E-state index contributed by atoms with van der Waals surface area (Å²) in [4.78, 5) is 11.8. The van der Waals surface area contributed by atoms with Crippen LogP contribution in [-0.2, 0) is 21.2 Å². The van der Waals surface area contributed by atoms with E-state index >= 15 is 0 Å². The van der Waals surface area contributed by atoms with E-state index in [0.717, 1.165) is 5.56 Å². The molecular formula is C12H16N2O3S. The van der Waals surface area contributed by atoms with Gasteiger partial charge in [0.25, 0.3) is 0 Å². The van der Waals surface area contributed by atoms with Gasteiger partial charge in [-0.3, -0.25) is 9.10 Å². The van der Waals surface area contributed by atoms with Crippen molar-refractivity contribution in [2.75, 3.05) is 17.1 Å². The molecule has 1 amide bonds. The van der Waals surface area contributed by atoms with Crippen LogP contribution in [0.1, 0.15) is 12.5 Å². The molecule has 18 heavy (non-hydrogen) atoms. The highest BCUT2D eigenvalue weighted by atomic mass is 32.2. The van der Waals surface area contributed by atoms with Crippen molar-refractivity contribution >= 4 is 21.6 Å². The van der Waals surface area contributed by atoms with Crippen molar-refractivity contribution in [1.29, 1.82) is 0 Å². The van der Waals surface area contributed by atoms with E-state index in [1.54, 1.807) is 19.1 Å². The monoisotopic (exact) mass is 268 g/mol. The summed E-state index contributed by atoms with van der Waals surface area (Å²) in [7, 11) is -1.93. The van der Waals surface area contributed by atoms with E-state index in [4.69, 9.17) is 0 Å². The van der Waals surface area contributed by atoms with Crippen molar-refractivity contribution in [3.63, 3.8) is 0 Å². The molecule has 0 bridgehead atoms. The smallest absolute Gasteiger partial charge is 0.244 e. The number of benzene rings is 1. The topological polar surface area (TPSA) is 66.5 Å². The lowest BCUT2D eigenvalue weighted by Crippen LogP contribution is -2.47. The first kappa shape index (κ1) is 12.9. The van der Waals surface area contributed by atoms with Gasteiger partial charge in [-0.25, -0.2) is 8.42 Å². The van der Waals surface area contributed by atoms with Gasteiger partial charge in [-0.05, 0) is 18.6 Å². The van der Waals surface area contributed by atoms with Gasteiger partial charge in [0, 0.05) is 13.5 Å². The van der Waals surface area contributed by atoms with E-state index in [1.165, 1.54) is 11.4 Å². The molecule has 1 atom stereocenters. The number of fused-ring (bicyclic) bond motifs is 1. The van der Waals surface area contributed by atoms with Crippen LogP contribution in [-0.4, -0.2) is 33.2 Å². The van der Waals surface area contributed by atoms with E-state index in [-0.39, 0.29) is 11.7 Å². The Morgan fingerprint density at radius 1 is 1.44 bits per heavy atom. The second-order valence-corrected chi connectivity index (χ2v) is 6.29. The molecule has 0 aromatic heterocycles. The number of nitrogens with zero attached hydrogens (tertiary/aromatic N) is 1. The lowest BCUT2D eigenvalue weighted by molar-refractivity contribution is -0.121. The summed E-state index contributed by atoms with van der Waals surface area (Å²) >= 11 is 0. The molecule has 1 N–H and O–H groups in total. The van der Waals surface area contributed by atoms with Crippen molar-refractivity contribution in [1.82, 2.24) is 5.32 Å². The summed E-state index contributed by atoms with van der Waals surface area (Å²) in [6, 6.07) is 6.56. The van der Waals surface area contributed by atoms with Crippen LogP contribution in [0.5, 0.6) is 0 Å². The molecule has 2 rings (SSSR count). The summed E-state index contributed by atoms with van der Waals surface area (Å²) in [6.45, 7) is 1.58. The fraction of sp³-hybridized carbons (Fsp3) is 0.417. The van der Waals surface area contributed by atoms with Gasteiger partial charge in [0.05, 0.1) is 11.4 Å². The minimum Gasteiger partial charge on any atom is -0.357 e. The van der Waals surface area contributed by atoms with Crippen molar-refractivity contribution in [2.24, 2.45) is 0 Å². The van der Waals surface area contributed by atoms with E-state index < -0.39 is 16.1 Å². The molecule has 0 radical (unpaired) electrons. The van der Waals surface area contributed by atoms with Gasteiger partial charge < -0.3 is 5.32 Å². The summed E-state index contributed by atoms with van der Waals surface area (Å²) < 4.78 is 25.5. The van der Waals surface area contributed by atoms with Crippen LogP contribution in [0, 0.1) is 0 Å². The number of sulfonamides is 1. The zero-order valence-corrected chi connectivity index (χ0v) is 11.2. The third-order valence-electron chi connectivity index (χ3n) is 3.14. The predicted molar refractivity (Wildman–Crippen MR) is 69.9 cm³/mol. The quantitative estimate of drug-likeness (QED) is 0.868. The Hall–Kier alpha value is -1.56. The highest BCUT2D eigenvalue weighted by Gasteiger charge is 2.40. The molecule has 1 unspecified atom stereocenters. The van der Waals surface area contributed by atoms with Gasteiger partial charge in [-0.15, -0.1) is 0 Å². The number of likely N-dealkylation sites (N-methyl/N-ethyl adjacent to an activating group) is 1. The van der Waals surface area contributed by atoms with Gasteiger partial charge in [0.2, 0.25) is 15.9 Å². The third kappa shape index (κ3) is 1.96. The first-order valence-electron chi connectivity index (χ1n) is 5.83. The largest absolute Gasteiger partial charge is 0.357 e. The van der Waals surface area contributed by atoms with E-state index in [9.17, 15) is 13.2 Å². The van der Waals surface area contributed by atoms with Crippen LogP contribution < -0.4 is 9.62 Å². The van der Waals surface area contributed by atoms with Gasteiger partial charge in [0.15, 0.2) is 0 Å². The zero-order valence-electron chi connectivity index (χ0n) is 10.4. The maximum Gasteiger partial charge on any atom is 0.244 e. The highest BCUT2D eigenvalue weighted by molar-refractivity contribution is 7.92. The predicted octanol–water partition coefficient (Wildman–Crippen LogP) is 0.513. The van der Waals surface area contributed by atoms with Crippen LogP contribution in [0.3, 0.4) is 0 Å². The Kier molecular flexibility index (Phi) is 3.30. The Balaban J connectivity index is 2.52. The fourth-order valence-corrected chi connectivity index (χ4v) is 3.52. The molecule has 1 aromatic rings. The van der Waals surface area contributed by atoms with Crippen LogP contribution in [0.15, 0.2) is 24.3 Å². The summed E-state index contributed by atoms with van der Waals surface area (Å²) in [6.07, 6.45) is 0.426. The zero-order chi connectivity index (χ0) is 13.3. The fourth-order valence-electron chi connectivity index (χ4n) is 2.21. The molecule has 0 saturated carbocycles. The molecule has 0 saturated heterocycles. The molecule has 1 heterocycles. The summed E-state index contributed by atoms with van der Waals surface area (Å²) in [5, 5.41) is 2.52. The average Bonchev–Trinajstić information content (AvgIpc) is 2.77. The minimum atomic E-state index is -3.44. The van der Waals surface area contributed by atoms with E-state index in [1.807, 2.05) is 12.1 Å². The van der Waals surface area contributed by atoms with Crippen LogP contribution in [0.25, 0.3) is 0 Å². The van der Waals surface area contributed by atoms with Crippen LogP contribution in [0.4, 0.5) is 5.69 Å². The van der Waals surface area contributed by atoms with Crippen molar-refractivity contribution in [2.45, 2.75) is 19.4 Å². The number of carbonyl (C=O) groups is 1. The molecular weight excluding hydrogens is 252 g/mol. The normalized spacial score (nSPS) is 18.6. The molecule has 1 aromatic carbocycles. The van der Waals surface area contributed by atoms with Gasteiger partial charge in [0.1, 0.15) is 6.04 Å². The Bertz CT molecular complexity index is 568. The Morgan fingerprint density at radius 3 is 2.72 bits per heavy atom. The first-order valence-corrected chi connectivity index (χ1v) is 7.43. The number of hydrogen-bond donors (Lipinski definition) is 1. The Morgan fingerprint density at radius 2 is 2.11 bits per heavy atom. The molecule has 1 aliphatic rings. The number of carbonyl (C=O) groups excluding carboxylic acids is 1. The second-order valence-electron chi connectivity index (χ2n) is 4.16. The molecule has 0 spiro atoms. The number of amides is 1. The van der Waals surface area contributed by atoms with Crippen LogP contribution in [0.2, 0.25) is 0 Å². The lowest BCUT2D eigenvalue weighted by atomic mass is 10.1. The third-order valence-corrected chi connectivity index (χ3v) is 4.92. The van der Waals surface area contributed by atoms with E-state index in [2.05, 4.69) is 5.32 Å². The van der Waals surface area contributed by atoms with Crippen molar-refractivity contribution in [3.05, 3.63) is 29.8 Å². The number of anilines is 1. The Labute approximate surface area is 107 Å². The molecule has 98 valence electrons. The number of hydrogen-bond acceptors (Lipinski definition) is 3. The lowest BCUT2D eigenvalue weighted by Gasteiger charge is -2.25. The highest BCUT2D eigenvalue weighted by Crippen LogP contribution is 2.34. The minimum absolute atomic E-state index is 0.0190. The van der Waals surface area contributed by atoms with Crippen LogP contribution >= 0.6 is 0 Å². The van der Waals surface area contributed by atoms with Crippen molar-refractivity contribution in [3.8, 4) is 0 Å². The van der Waals surface area contributed by atoms with Gasteiger partial charge in [-0.2, -0.15) is 0 Å². The number of para-hydroxylation sites is 1. The molecule has 5 nitrogen and oxygen atoms in total. The summed E-state index contributed by atoms with van der Waals surface area (Å²) in [5.41, 5.74) is 1.51. The van der Waals surface area contributed by atoms with E-state index in [0.29, 0.717) is 12.1 Å². The maximum absolute atomic E-state index is 12.1. The standard InChI is InChI=1S/C12H16N2O3S/c1-3-18(16,17)14-10-7-5-4-6-9(10)8-11(14)12(15)13-2/h4-7,11H,3,8H2,1-2H3,(H,13,15). The SMILES string of the molecule is CCS(=O)(=O)N1c2ccccc2CC1C(=O)NC.